The molecule has 2 fully saturated rings. The number of nitrogens with one attached hydrogen (secondary N) is 1. The monoisotopic (exact) mass is 295 g/mol. The molecule has 1 spiro atoms. The van der Waals surface area contributed by atoms with Crippen LogP contribution in [0.3, 0.4) is 0 Å². The lowest BCUT2D eigenvalue weighted by molar-refractivity contribution is 0.175. The number of nitrogens with zero attached hydrogens (tertiary/aromatic N) is 2. The maximum Gasteiger partial charge on any atom is 0.156 e. The molecule has 3 aliphatic rings. The van der Waals surface area contributed by atoms with Gasteiger partial charge < -0.3 is 5.32 Å². The number of hydrogen-bond acceptors (Lipinski definition) is 4. The summed E-state index contributed by atoms with van der Waals surface area (Å²) in [7, 11) is 0. The van der Waals surface area contributed by atoms with Gasteiger partial charge in [-0.1, -0.05) is 31.0 Å². The summed E-state index contributed by atoms with van der Waals surface area (Å²) in [6, 6.07) is 0.640. The normalized spacial score (nSPS) is 28.4. The van der Waals surface area contributed by atoms with Gasteiger partial charge in [0, 0.05) is 24.9 Å². The van der Waals surface area contributed by atoms with E-state index in [1.165, 1.54) is 69.0 Å². The van der Waals surface area contributed by atoms with E-state index < -0.39 is 0 Å². The largest absolute Gasteiger partial charge is 0.363 e. The Morgan fingerprint density at radius 1 is 1.20 bits per heavy atom. The lowest BCUT2D eigenvalue weighted by atomic mass is 9.89. The second-order valence-corrected chi connectivity index (χ2v) is 7.91. The highest BCUT2D eigenvalue weighted by molar-refractivity contribution is 8.13. The van der Waals surface area contributed by atoms with Crippen LogP contribution in [0.4, 0.5) is 0 Å². The first-order chi connectivity index (χ1) is 9.77. The molecule has 114 valence electrons. The number of hydrogen-bond donors (Lipinski definition) is 1. The van der Waals surface area contributed by atoms with Crippen LogP contribution in [0.5, 0.6) is 0 Å². The average molecular weight is 295 g/mol. The number of likely N-dealkylation sites (tertiary alicyclic amines) is 1. The molecular weight excluding hydrogens is 266 g/mol. The van der Waals surface area contributed by atoms with Gasteiger partial charge in [-0.2, -0.15) is 0 Å². The SMILES string of the molecule is CC(CNC1=NCC2(CCCC2)CS1)N1CCCCC1. The molecule has 20 heavy (non-hydrogen) atoms. The molecule has 1 N–H and O–H groups in total. The fraction of sp³-hybridized carbons (Fsp3) is 0.938. The van der Waals surface area contributed by atoms with Crippen molar-refractivity contribution in [2.75, 3.05) is 31.9 Å². The molecule has 0 aromatic carbocycles. The van der Waals surface area contributed by atoms with Crippen molar-refractivity contribution >= 4 is 16.9 Å². The van der Waals surface area contributed by atoms with Crippen LogP contribution in [-0.4, -0.2) is 48.0 Å². The van der Waals surface area contributed by atoms with Crippen molar-refractivity contribution < 1.29 is 0 Å². The first kappa shape index (κ1) is 14.7. The van der Waals surface area contributed by atoms with Gasteiger partial charge >= 0.3 is 0 Å². The molecule has 0 amide bonds. The molecule has 0 radical (unpaired) electrons. The molecule has 4 heteroatoms. The standard InChI is InChI=1S/C16H29N3S/c1-14(19-9-5-2-6-10-19)11-17-15-18-12-16(13-20-15)7-3-4-8-16/h14H,2-13H2,1H3,(H,17,18). The number of piperidine rings is 1. The Morgan fingerprint density at radius 2 is 1.95 bits per heavy atom. The van der Waals surface area contributed by atoms with E-state index in [2.05, 4.69) is 17.1 Å². The number of thioether (sulfide) groups is 1. The second-order valence-electron chi connectivity index (χ2n) is 6.94. The lowest BCUT2D eigenvalue weighted by Gasteiger charge is -2.34. The Labute approximate surface area is 128 Å². The van der Waals surface area contributed by atoms with Crippen LogP contribution in [0.15, 0.2) is 4.99 Å². The summed E-state index contributed by atoms with van der Waals surface area (Å²) in [5, 5.41) is 4.80. The Morgan fingerprint density at radius 3 is 2.60 bits per heavy atom. The molecule has 1 unspecified atom stereocenters. The van der Waals surface area contributed by atoms with Crippen molar-refractivity contribution in [3.63, 3.8) is 0 Å². The zero-order valence-corrected chi connectivity index (χ0v) is 13.7. The van der Waals surface area contributed by atoms with E-state index in [1.807, 2.05) is 11.8 Å². The van der Waals surface area contributed by atoms with Crippen LogP contribution in [0, 0.1) is 5.41 Å². The minimum Gasteiger partial charge on any atom is -0.363 e. The highest BCUT2D eigenvalue weighted by Gasteiger charge is 2.36. The predicted molar refractivity (Wildman–Crippen MR) is 88.5 cm³/mol. The summed E-state index contributed by atoms with van der Waals surface area (Å²) < 4.78 is 0. The predicted octanol–water partition coefficient (Wildman–Crippen LogP) is 3.11. The molecule has 1 aliphatic carbocycles. The van der Waals surface area contributed by atoms with Crippen LogP contribution in [0.2, 0.25) is 0 Å². The van der Waals surface area contributed by atoms with E-state index in [1.54, 1.807) is 0 Å². The third-order valence-corrected chi connectivity index (χ3v) is 6.60. The van der Waals surface area contributed by atoms with Crippen molar-refractivity contribution in [3.8, 4) is 0 Å². The number of rotatable bonds is 3. The zero-order chi connectivity index (χ0) is 13.8. The van der Waals surface area contributed by atoms with Gasteiger partial charge in [0.25, 0.3) is 0 Å². The zero-order valence-electron chi connectivity index (χ0n) is 12.9. The van der Waals surface area contributed by atoms with E-state index >= 15 is 0 Å². The fourth-order valence-corrected chi connectivity index (χ4v) is 4.97. The third kappa shape index (κ3) is 3.51. The van der Waals surface area contributed by atoms with Gasteiger partial charge in [0.15, 0.2) is 5.17 Å². The van der Waals surface area contributed by atoms with Gasteiger partial charge in [-0.3, -0.25) is 9.89 Å². The summed E-state index contributed by atoms with van der Waals surface area (Å²) in [5.74, 6) is 1.29. The minimum atomic E-state index is 0.564. The first-order valence-corrected chi connectivity index (χ1v) is 9.41. The Kier molecular flexibility index (Phi) is 4.92. The summed E-state index contributed by atoms with van der Waals surface area (Å²) in [4.78, 5) is 7.46. The highest BCUT2D eigenvalue weighted by atomic mass is 32.2. The molecule has 3 nitrogen and oxygen atoms in total. The van der Waals surface area contributed by atoms with E-state index in [4.69, 9.17) is 4.99 Å². The molecule has 3 rings (SSSR count). The van der Waals surface area contributed by atoms with Crippen molar-refractivity contribution in [2.45, 2.75) is 57.9 Å². The molecule has 2 aliphatic heterocycles. The third-order valence-electron chi connectivity index (χ3n) is 5.30. The molecule has 1 saturated heterocycles. The van der Waals surface area contributed by atoms with E-state index in [9.17, 15) is 0 Å². The van der Waals surface area contributed by atoms with Crippen molar-refractivity contribution in [2.24, 2.45) is 10.4 Å². The average Bonchev–Trinajstić information content (AvgIpc) is 2.96. The topological polar surface area (TPSA) is 27.6 Å². The van der Waals surface area contributed by atoms with Gasteiger partial charge in [-0.15, -0.1) is 0 Å². The van der Waals surface area contributed by atoms with E-state index in [-0.39, 0.29) is 0 Å². The maximum atomic E-state index is 4.83. The Hall–Kier alpha value is -0.220. The summed E-state index contributed by atoms with van der Waals surface area (Å²) in [5.41, 5.74) is 0.564. The molecule has 1 saturated carbocycles. The van der Waals surface area contributed by atoms with Crippen molar-refractivity contribution in [1.82, 2.24) is 10.2 Å². The molecule has 0 aromatic heterocycles. The van der Waals surface area contributed by atoms with Gasteiger partial charge in [0.05, 0.1) is 0 Å². The summed E-state index contributed by atoms with van der Waals surface area (Å²) >= 11 is 1.97. The van der Waals surface area contributed by atoms with Gasteiger partial charge in [0.1, 0.15) is 0 Å². The highest BCUT2D eigenvalue weighted by Crippen LogP contribution is 2.43. The Balaban J connectivity index is 1.43. The quantitative estimate of drug-likeness (QED) is 0.867. The smallest absolute Gasteiger partial charge is 0.156 e. The minimum absolute atomic E-state index is 0.564. The Bertz CT molecular complexity index is 344. The first-order valence-electron chi connectivity index (χ1n) is 8.43. The van der Waals surface area contributed by atoms with Gasteiger partial charge in [0.2, 0.25) is 0 Å². The van der Waals surface area contributed by atoms with Gasteiger partial charge in [-0.05, 0) is 51.1 Å². The number of amidine groups is 1. The molecule has 0 bridgehead atoms. The van der Waals surface area contributed by atoms with Crippen LogP contribution >= 0.6 is 11.8 Å². The van der Waals surface area contributed by atoms with Crippen LogP contribution < -0.4 is 5.32 Å². The molecular formula is C16H29N3S. The summed E-state index contributed by atoms with van der Waals surface area (Å²) in [6.45, 7) is 7.04. The molecule has 1 atom stereocenters. The molecule has 0 aromatic rings. The van der Waals surface area contributed by atoms with Crippen molar-refractivity contribution in [3.05, 3.63) is 0 Å². The number of aliphatic imine (C=N–C) groups is 1. The molecule has 2 heterocycles. The fourth-order valence-electron chi connectivity index (χ4n) is 3.81. The van der Waals surface area contributed by atoms with E-state index in [0.29, 0.717) is 11.5 Å². The maximum absolute atomic E-state index is 4.83. The second kappa shape index (κ2) is 6.69. The van der Waals surface area contributed by atoms with Crippen LogP contribution in [0.25, 0.3) is 0 Å². The van der Waals surface area contributed by atoms with Crippen LogP contribution in [0.1, 0.15) is 51.9 Å². The van der Waals surface area contributed by atoms with E-state index in [0.717, 1.165) is 13.1 Å². The lowest BCUT2D eigenvalue weighted by Crippen LogP contribution is -2.45. The van der Waals surface area contributed by atoms with Gasteiger partial charge in [-0.25, -0.2) is 0 Å². The van der Waals surface area contributed by atoms with Crippen molar-refractivity contribution in [1.29, 1.82) is 0 Å². The summed E-state index contributed by atoms with van der Waals surface area (Å²) in [6.07, 6.45) is 9.82. The van der Waals surface area contributed by atoms with Crippen LogP contribution in [-0.2, 0) is 0 Å².